The van der Waals surface area contributed by atoms with Crippen LogP contribution in [0.5, 0.6) is 0 Å². The Hall–Kier alpha value is -3.68. The van der Waals surface area contributed by atoms with E-state index in [2.05, 4.69) is 15.3 Å². The van der Waals surface area contributed by atoms with Crippen molar-refractivity contribution in [2.75, 3.05) is 16.8 Å². The van der Waals surface area contributed by atoms with Crippen molar-refractivity contribution in [1.82, 2.24) is 14.9 Å². The molecule has 1 aromatic heterocycles. The highest BCUT2D eigenvalue weighted by molar-refractivity contribution is 6.11. The van der Waals surface area contributed by atoms with Gasteiger partial charge in [-0.05, 0) is 37.6 Å². The van der Waals surface area contributed by atoms with Gasteiger partial charge in [-0.1, -0.05) is 24.3 Å². The maximum absolute atomic E-state index is 13.2. The maximum Gasteiger partial charge on any atom is 0.258 e. The molecule has 2 aromatic carbocycles. The summed E-state index contributed by atoms with van der Waals surface area (Å²) in [7, 11) is 0. The molecule has 2 aliphatic rings. The summed E-state index contributed by atoms with van der Waals surface area (Å²) in [4.78, 5) is 49.0. The molecule has 29 heavy (non-hydrogen) atoms. The first-order valence-electron chi connectivity index (χ1n) is 9.46. The largest absolute Gasteiger partial charge is 0.324 e. The summed E-state index contributed by atoms with van der Waals surface area (Å²) in [6.45, 7) is 1.66. The summed E-state index contributed by atoms with van der Waals surface area (Å²) in [5.41, 5.74) is 1.72. The first-order chi connectivity index (χ1) is 14.0. The van der Waals surface area contributed by atoms with E-state index in [1.54, 1.807) is 23.1 Å². The Morgan fingerprint density at radius 1 is 1.17 bits per heavy atom. The predicted molar refractivity (Wildman–Crippen MR) is 107 cm³/mol. The number of amides is 3. The lowest BCUT2D eigenvalue weighted by molar-refractivity contribution is -0.120. The van der Waals surface area contributed by atoms with Gasteiger partial charge in [-0.15, -0.1) is 0 Å². The van der Waals surface area contributed by atoms with E-state index < -0.39 is 5.66 Å². The molecular weight excluding hydrogens is 370 g/mol. The van der Waals surface area contributed by atoms with Crippen molar-refractivity contribution in [2.45, 2.75) is 25.4 Å². The highest BCUT2D eigenvalue weighted by Gasteiger charge is 2.53. The van der Waals surface area contributed by atoms with Gasteiger partial charge in [0.1, 0.15) is 12.2 Å². The smallest absolute Gasteiger partial charge is 0.258 e. The molecule has 1 unspecified atom stereocenters. The van der Waals surface area contributed by atoms with Gasteiger partial charge in [-0.2, -0.15) is 0 Å². The highest BCUT2D eigenvalue weighted by Crippen LogP contribution is 2.43. The summed E-state index contributed by atoms with van der Waals surface area (Å²) in [5, 5.41) is 2.73. The van der Waals surface area contributed by atoms with Crippen LogP contribution in [0.25, 0.3) is 11.0 Å². The van der Waals surface area contributed by atoms with E-state index in [4.69, 9.17) is 0 Å². The van der Waals surface area contributed by atoms with Crippen LogP contribution in [0.3, 0.4) is 0 Å². The first kappa shape index (κ1) is 17.4. The van der Waals surface area contributed by atoms with E-state index >= 15 is 0 Å². The lowest BCUT2D eigenvalue weighted by Crippen LogP contribution is -2.63. The molecule has 146 valence electrons. The number of carbonyl (C=O) groups is 3. The summed E-state index contributed by atoms with van der Waals surface area (Å²) >= 11 is 0. The lowest BCUT2D eigenvalue weighted by atomic mass is 9.98. The van der Waals surface area contributed by atoms with Crippen molar-refractivity contribution < 1.29 is 14.4 Å². The number of benzene rings is 2. The number of nitrogens with zero attached hydrogens (tertiary/aromatic N) is 3. The molecule has 8 heteroatoms. The van der Waals surface area contributed by atoms with Crippen molar-refractivity contribution >= 4 is 40.4 Å². The molecule has 0 spiro atoms. The van der Waals surface area contributed by atoms with Crippen molar-refractivity contribution in [3.8, 4) is 0 Å². The third kappa shape index (κ3) is 2.60. The number of nitrogens with one attached hydrogen (secondary N) is 2. The second-order valence-electron chi connectivity index (χ2n) is 7.51. The van der Waals surface area contributed by atoms with Crippen LogP contribution in [0, 0.1) is 0 Å². The van der Waals surface area contributed by atoms with Gasteiger partial charge in [0, 0.05) is 6.42 Å². The van der Waals surface area contributed by atoms with Crippen LogP contribution in [-0.4, -0.2) is 44.8 Å². The number of anilines is 2. The average molecular weight is 389 g/mol. The Balaban J connectivity index is 1.44. The SMILES string of the molecule is CC12CCC(=O)N1c1ccccc1C(=O)N2CC(=O)Nc1nc2ccccc2[nH]1. The zero-order valence-corrected chi connectivity index (χ0v) is 15.8. The van der Waals surface area contributed by atoms with E-state index in [0.29, 0.717) is 30.0 Å². The summed E-state index contributed by atoms with van der Waals surface area (Å²) in [5.74, 6) is -0.355. The number of rotatable bonds is 3. The van der Waals surface area contributed by atoms with Gasteiger partial charge < -0.3 is 9.88 Å². The number of para-hydroxylation sites is 3. The molecule has 0 bridgehead atoms. The van der Waals surface area contributed by atoms with Gasteiger partial charge in [0.05, 0.1) is 22.3 Å². The number of aromatic nitrogens is 2. The zero-order valence-electron chi connectivity index (χ0n) is 15.8. The molecule has 3 amide bonds. The molecule has 3 aromatic rings. The fraction of sp³-hybridized carbons (Fsp3) is 0.238. The Kier molecular flexibility index (Phi) is 3.70. The van der Waals surface area contributed by atoms with Gasteiger partial charge in [-0.3, -0.25) is 24.6 Å². The fourth-order valence-corrected chi connectivity index (χ4v) is 4.27. The van der Waals surface area contributed by atoms with Gasteiger partial charge in [0.25, 0.3) is 5.91 Å². The minimum Gasteiger partial charge on any atom is -0.324 e. The summed E-state index contributed by atoms with van der Waals surface area (Å²) in [6.07, 6.45) is 0.809. The molecule has 0 radical (unpaired) electrons. The van der Waals surface area contributed by atoms with E-state index in [1.165, 1.54) is 4.90 Å². The molecule has 2 N–H and O–H groups in total. The van der Waals surface area contributed by atoms with Crippen molar-refractivity contribution in [3.63, 3.8) is 0 Å². The van der Waals surface area contributed by atoms with Crippen LogP contribution < -0.4 is 10.2 Å². The summed E-state index contributed by atoms with van der Waals surface area (Å²) in [6, 6.07) is 14.5. The Bertz CT molecular complexity index is 1140. The number of aromatic amines is 1. The Morgan fingerprint density at radius 3 is 2.76 bits per heavy atom. The number of H-pyrrole nitrogens is 1. The molecule has 8 nitrogen and oxygen atoms in total. The van der Waals surface area contributed by atoms with Gasteiger partial charge in [0.2, 0.25) is 17.8 Å². The summed E-state index contributed by atoms with van der Waals surface area (Å²) < 4.78 is 0. The molecule has 0 aliphatic carbocycles. The molecule has 1 saturated heterocycles. The van der Waals surface area contributed by atoms with Crippen LogP contribution in [0.2, 0.25) is 0 Å². The van der Waals surface area contributed by atoms with E-state index in [1.807, 2.05) is 37.3 Å². The van der Waals surface area contributed by atoms with Crippen LogP contribution in [0.4, 0.5) is 11.6 Å². The minimum atomic E-state index is -0.867. The molecule has 5 rings (SSSR count). The number of hydrogen-bond donors (Lipinski definition) is 2. The van der Waals surface area contributed by atoms with Crippen molar-refractivity contribution in [3.05, 3.63) is 54.1 Å². The Morgan fingerprint density at radius 2 is 1.93 bits per heavy atom. The lowest BCUT2D eigenvalue weighted by Gasteiger charge is -2.48. The Labute approximate surface area is 166 Å². The predicted octanol–water partition coefficient (Wildman–Crippen LogP) is 2.50. The molecule has 2 aliphatic heterocycles. The number of imidazole rings is 1. The van der Waals surface area contributed by atoms with Gasteiger partial charge in [-0.25, -0.2) is 4.98 Å². The number of fused-ring (bicyclic) bond motifs is 4. The monoisotopic (exact) mass is 389 g/mol. The van der Waals surface area contributed by atoms with E-state index in [0.717, 1.165) is 11.0 Å². The quantitative estimate of drug-likeness (QED) is 0.719. The zero-order chi connectivity index (χ0) is 20.2. The van der Waals surface area contributed by atoms with Crippen LogP contribution in [-0.2, 0) is 9.59 Å². The fourth-order valence-electron chi connectivity index (χ4n) is 4.27. The van der Waals surface area contributed by atoms with E-state index in [9.17, 15) is 14.4 Å². The second kappa shape index (κ2) is 6.16. The molecular formula is C21H19N5O3. The minimum absolute atomic E-state index is 0.0462. The maximum atomic E-state index is 13.2. The normalized spacial score (nSPS) is 20.7. The van der Waals surface area contributed by atoms with Crippen LogP contribution in [0.1, 0.15) is 30.1 Å². The first-order valence-corrected chi connectivity index (χ1v) is 9.46. The molecule has 3 heterocycles. The number of hydrogen-bond acceptors (Lipinski definition) is 4. The second-order valence-corrected chi connectivity index (χ2v) is 7.51. The third-order valence-corrected chi connectivity index (χ3v) is 5.69. The topological polar surface area (TPSA) is 98.4 Å². The van der Waals surface area contributed by atoms with E-state index in [-0.39, 0.29) is 24.3 Å². The molecule has 1 fully saturated rings. The molecule has 0 saturated carbocycles. The molecule has 1 atom stereocenters. The number of carbonyl (C=O) groups excluding carboxylic acids is 3. The third-order valence-electron chi connectivity index (χ3n) is 5.69. The van der Waals surface area contributed by atoms with Crippen LogP contribution >= 0.6 is 0 Å². The average Bonchev–Trinajstić information content (AvgIpc) is 3.25. The van der Waals surface area contributed by atoms with Gasteiger partial charge >= 0.3 is 0 Å². The standard InChI is InChI=1S/C21H19N5O3/c1-21-11-10-18(28)26(21)16-9-5-2-6-13(16)19(29)25(21)12-17(27)24-20-22-14-7-3-4-8-15(14)23-20/h2-9H,10-12H2,1H3,(H2,22,23,24,27). The highest BCUT2D eigenvalue weighted by atomic mass is 16.2. The van der Waals surface area contributed by atoms with Crippen molar-refractivity contribution in [2.24, 2.45) is 0 Å². The van der Waals surface area contributed by atoms with Gasteiger partial charge in [0.15, 0.2) is 0 Å². The van der Waals surface area contributed by atoms with Crippen molar-refractivity contribution in [1.29, 1.82) is 0 Å². The van der Waals surface area contributed by atoms with Crippen LogP contribution in [0.15, 0.2) is 48.5 Å².